The number of aryl methyl sites for hydroxylation is 1. The zero-order valence-electron chi connectivity index (χ0n) is 8.06. The summed E-state index contributed by atoms with van der Waals surface area (Å²) in [5, 5.41) is 19.4. The molecule has 15 heavy (non-hydrogen) atoms. The monoisotopic (exact) mass is 213 g/mol. The van der Waals surface area contributed by atoms with E-state index in [0.29, 0.717) is 5.76 Å². The van der Waals surface area contributed by atoms with Gasteiger partial charge >= 0.3 is 5.97 Å². The number of carboxylic acid groups (broad SMARTS) is 1. The molecule has 0 saturated heterocycles. The third-order valence-corrected chi connectivity index (χ3v) is 1.75. The summed E-state index contributed by atoms with van der Waals surface area (Å²) < 4.78 is 4.98. The van der Waals surface area contributed by atoms with Crippen molar-refractivity contribution in [2.24, 2.45) is 0 Å². The Morgan fingerprint density at radius 1 is 1.53 bits per heavy atom. The molecule has 0 bridgehead atoms. The van der Waals surface area contributed by atoms with E-state index in [1.165, 1.54) is 6.07 Å². The summed E-state index contributed by atoms with van der Waals surface area (Å²) in [6.45, 7) is 0.998. The van der Waals surface area contributed by atoms with Crippen molar-refractivity contribution in [2.75, 3.05) is 6.61 Å². The highest BCUT2D eigenvalue weighted by atomic mass is 16.4. The fourth-order valence-corrected chi connectivity index (χ4v) is 0.971. The fourth-order valence-electron chi connectivity index (χ4n) is 0.971. The molecule has 0 aliphatic rings. The van der Waals surface area contributed by atoms with E-state index >= 15 is 0 Å². The zero-order chi connectivity index (χ0) is 11.4. The molecule has 0 aliphatic carbocycles. The summed E-state index contributed by atoms with van der Waals surface area (Å²) in [6.07, 6.45) is 0. The molecule has 1 aromatic heterocycles. The second-order valence-electron chi connectivity index (χ2n) is 2.96. The van der Waals surface area contributed by atoms with Crippen molar-refractivity contribution < 1.29 is 24.2 Å². The molecule has 1 atom stereocenters. The van der Waals surface area contributed by atoms with Gasteiger partial charge in [0.2, 0.25) is 0 Å². The maximum atomic E-state index is 11.4. The Labute approximate surface area is 85.5 Å². The van der Waals surface area contributed by atoms with E-state index in [2.05, 4.69) is 5.32 Å². The van der Waals surface area contributed by atoms with E-state index in [1.54, 1.807) is 13.0 Å². The van der Waals surface area contributed by atoms with Crippen LogP contribution in [0.1, 0.15) is 16.3 Å². The number of hydrogen-bond acceptors (Lipinski definition) is 4. The number of aliphatic hydroxyl groups is 1. The predicted molar refractivity (Wildman–Crippen MR) is 49.4 cm³/mol. The number of amides is 1. The number of aliphatic hydroxyl groups excluding tert-OH is 1. The maximum Gasteiger partial charge on any atom is 0.328 e. The molecule has 0 radical (unpaired) electrons. The molecule has 1 heterocycles. The third-order valence-electron chi connectivity index (χ3n) is 1.75. The highest BCUT2D eigenvalue weighted by molar-refractivity contribution is 5.94. The van der Waals surface area contributed by atoms with Gasteiger partial charge in [-0.3, -0.25) is 4.79 Å². The molecule has 0 saturated carbocycles. The fraction of sp³-hybridized carbons (Fsp3) is 0.333. The standard InChI is InChI=1S/C9H11NO5/c1-5-2-3-7(15-5)8(12)10-6(4-11)9(13)14/h2-3,6,11H,4H2,1H3,(H,10,12)(H,13,14)/t6-/m0/s1. The van der Waals surface area contributed by atoms with E-state index < -0.39 is 24.5 Å². The lowest BCUT2D eigenvalue weighted by Crippen LogP contribution is -2.43. The Kier molecular flexibility index (Phi) is 3.46. The largest absolute Gasteiger partial charge is 0.480 e. The van der Waals surface area contributed by atoms with Gasteiger partial charge in [0.25, 0.3) is 5.91 Å². The molecule has 6 nitrogen and oxygen atoms in total. The number of carbonyl (C=O) groups is 2. The molecule has 0 spiro atoms. The van der Waals surface area contributed by atoms with Crippen LogP contribution in [0.15, 0.2) is 16.5 Å². The van der Waals surface area contributed by atoms with Crippen molar-refractivity contribution in [3.05, 3.63) is 23.7 Å². The number of rotatable bonds is 4. The van der Waals surface area contributed by atoms with Crippen LogP contribution in [0.2, 0.25) is 0 Å². The van der Waals surface area contributed by atoms with Gasteiger partial charge < -0.3 is 19.9 Å². The average molecular weight is 213 g/mol. The SMILES string of the molecule is Cc1ccc(C(=O)N[C@@H](CO)C(=O)O)o1. The van der Waals surface area contributed by atoms with Crippen molar-refractivity contribution in [2.45, 2.75) is 13.0 Å². The van der Waals surface area contributed by atoms with Crippen molar-refractivity contribution in [1.29, 1.82) is 0 Å². The quantitative estimate of drug-likeness (QED) is 0.641. The van der Waals surface area contributed by atoms with E-state index in [1.807, 2.05) is 0 Å². The van der Waals surface area contributed by atoms with Crippen LogP contribution >= 0.6 is 0 Å². The molecule has 1 aromatic rings. The summed E-state index contributed by atoms with van der Waals surface area (Å²) in [7, 11) is 0. The highest BCUT2D eigenvalue weighted by Gasteiger charge is 2.20. The van der Waals surface area contributed by atoms with Crippen LogP contribution in [0, 0.1) is 6.92 Å². The number of furan rings is 1. The first-order valence-electron chi connectivity index (χ1n) is 4.25. The van der Waals surface area contributed by atoms with Crippen LogP contribution in [0.4, 0.5) is 0 Å². The van der Waals surface area contributed by atoms with Crippen LogP contribution in [0.25, 0.3) is 0 Å². The predicted octanol–water partition coefficient (Wildman–Crippen LogP) is -0.237. The Morgan fingerprint density at radius 3 is 2.60 bits per heavy atom. The second-order valence-corrected chi connectivity index (χ2v) is 2.96. The maximum absolute atomic E-state index is 11.4. The molecule has 0 fully saturated rings. The van der Waals surface area contributed by atoms with Gasteiger partial charge in [0, 0.05) is 0 Å². The number of hydrogen-bond donors (Lipinski definition) is 3. The molecule has 3 N–H and O–H groups in total. The smallest absolute Gasteiger partial charge is 0.328 e. The van der Waals surface area contributed by atoms with Crippen LogP contribution in [0.5, 0.6) is 0 Å². The normalized spacial score (nSPS) is 12.1. The van der Waals surface area contributed by atoms with E-state index in [4.69, 9.17) is 14.6 Å². The molecule has 0 aromatic carbocycles. The number of carboxylic acids is 1. The van der Waals surface area contributed by atoms with Crippen LogP contribution in [-0.4, -0.2) is 34.7 Å². The van der Waals surface area contributed by atoms with Crippen LogP contribution in [0.3, 0.4) is 0 Å². The van der Waals surface area contributed by atoms with Gasteiger partial charge in [-0.15, -0.1) is 0 Å². The third kappa shape index (κ3) is 2.81. The first-order valence-corrected chi connectivity index (χ1v) is 4.25. The molecule has 82 valence electrons. The Bertz CT molecular complexity index is 370. The summed E-state index contributed by atoms with van der Waals surface area (Å²) in [5.74, 6) is -1.39. The van der Waals surface area contributed by atoms with Crippen LogP contribution < -0.4 is 5.32 Å². The Hall–Kier alpha value is -1.82. The highest BCUT2D eigenvalue weighted by Crippen LogP contribution is 2.06. The van der Waals surface area contributed by atoms with Gasteiger partial charge in [-0.2, -0.15) is 0 Å². The summed E-state index contributed by atoms with van der Waals surface area (Å²) in [4.78, 5) is 21.8. The minimum Gasteiger partial charge on any atom is -0.480 e. The summed E-state index contributed by atoms with van der Waals surface area (Å²) >= 11 is 0. The molecular formula is C9H11NO5. The Morgan fingerprint density at radius 2 is 2.20 bits per heavy atom. The lowest BCUT2D eigenvalue weighted by atomic mass is 10.3. The van der Waals surface area contributed by atoms with Crippen molar-refractivity contribution in [3.63, 3.8) is 0 Å². The van der Waals surface area contributed by atoms with Gasteiger partial charge in [0.1, 0.15) is 5.76 Å². The number of aliphatic carboxylic acids is 1. The summed E-state index contributed by atoms with van der Waals surface area (Å²) in [5.41, 5.74) is 0. The van der Waals surface area contributed by atoms with Crippen molar-refractivity contribution in [1.82, 2.24) is 5.32 Å². The Balaban J connectivity index is 2.66. The molecule has 1 amide bonds. The van der Waals surface area contributed by atoms with E-state index in [0.717, 1.165) is 0 Å². The van der Waals surface area contributed by atoms with Gasteiger partial charge in [0.05, 0.1) is 6.61 Å². The van der Waals surface area contributed by atoms with Crippen molar-refractivity contribution >= 4 is 11.9 Å². The lowest BCUT2D eigenvalue weighted by Gasteiger charge is -2.09. The number of nitrogens with one attached hydrogen (secondary N) is 1. The molecular weight excluding hydrogens is 202 g/mol. The molecule has 0 unspecified atom stereocenters. The number of carbonyl (C=O) groups excluding carboxylic acids is 1. The van der Waals surface area contributed by atoms with Gasteiger partial charge in [-0.25, -0.2) is 4.79 Å². The second kappa shape index (κ2) is 4.61. The average Bonchev–Trinajstić information content (AvgIpc) is 2.60. The topological polar surface area (TPSA) is 99.8 Å². The minimum atomic E-state index is -1.32. The lowest BCUT2D eigenvalue weighted by molar-refractivity contribution is -0.140. The van der Waals surface area contributed by atoms with E-state index in [9.17, 15) is 9.59 Å². The first kappa shape index (κ1) is 11.3. The first-order chi connectivity index (χ1) is 7.04. The summed E-state index contributed by atoms with van der Waals surface area (Å²) in [6, 6.07) is 1.70. The zero-order valence-corrected chi connectivity index (χ0v) is 8.06. The molecule has 1 rings (SSSR count). The van der Waals surface area contributed by atoms with E-state index in [-0.39, 0.29) is 5.76 Å². The van der Waals surface area contributed by atoms with Crippen LogP contribution in [-0.2, 0) is 4.79 Å². The van der Waals surface area contributed by atoms with Crippen molar-refractivity contribution in [3.8, 4) is 0 Å². The minimum absolute atomic E-state index is 0.0206. The molecule has 0 aliphatic heterocycles. The van der Waals surface area contributed by atoms with Gasteiger partial charge in [-0.1, -0.05) is 0 Å². The molecule has 6 heteroatoms. The van der Waals surface area contributed by atoms with Gasteiger partial charge in [0.15, 0.2) is 11.8 Å². The van der Waals surface area contributed by atoms with Gasteiger partial charge in [-0.05, 0) is 19.1 Å².